The summed E-state index contributed by atoms with van der Waals surface area (Å²) in [4.78, 5) is 25.9. The lowest BCUT2D eigenvalue weighted by atomic mass is 9.46. The molecule has 4 atom stereocenters. The van der Waals surface area contributed by atoms with Gasteiger partial charge in [-0.25, -0.2) is 4.79 Å². The lowest BCUT2D eigenvalue weighted by molar-refractivity contribution is -0.172. The highest BCUT2D eigenvalue weighted by molar-refractivity contribution is 5.82. The Balaban J connectivity index is 1.39. The van der Waals surface area contributed by atoms with Crippen LogP contribution in [0.4, 0.5) is 0 Å². The minimum absolute atomic E-state index is 0.0603. The first-order valence-electron chi connectivity index (χ1n) is 13.3. The number of carbonyl (C=O) groups excluding carboxylic acids is 1. The normalized spacial score (nSPS) is 29.7. The van der Waals surface area contributed by atoms with Crippen LogP contribution in [0, 0.1) is 22.7 Å². The third kappa shape index (κ3) is 4.10. The predicted molar refractivity (Wildman–Crippen MR) is 141 cm³/mol. The Morgan fingerprint density at radius 1 is 1.11 bits per heavy atom. The van der Waals surface area contributed by atoms with Crippen LogP contribution in [0.5, 0.6) is 5.75 Å². The van der Waals surface area contributed by atoms with E-state index in [1.54, 1.807) is 18.7 Å². The SMILES string of the molecule is COc1ccc2c(COC(=O)[C@]3(C)CCC[C@@]4(C)[C@H]3CCC3=CC(=C(C)C)CC[C@@H]34)cc(=O)oc2c1. The van der Waals surface area contributed by atoms with E-state index in [2.05, 4.69) is 33.8 Å². The van der Waals surface area contributed by atoms with Gasteiger partial charge in [-0.3, -0.25) is 4.79 Å². The van der Waals surface area contributed by atoms with Crippen molar-refractivity contribution >= 4 is 16.9 Å². The van der Waals surface area contributed by atoms with E-state index in [4.69, 9.17) is 13.9 Å². The largest absolute Gasteiger partial charge is 0.497 e. The number of benzene rings is 1. The summed E-state index contributed by atoms with van der Waals surface area (Å²) in [5.41, 5.74) is 4.74. The van der Waals surface area contributed by atoms with Crippen LogP contribution < -0.4 is 10.4 Å². The Labute approximate surface area is 213 Å². The fourth-order valence-corrected chi connectivity index (χ4v) is 7.57. The van der Waals surface area contributed by atoms with Crippen LogP contribution in [0.2, 0.25) is 0 Å². The van der Waals surface area contributed by atoms with Crippen molar-refractivity contribution in [2.24, 2.45) is 22.7 Å². The standard InChI is InChI=1S/C31H38O5/c1-19(2)20-7-11-25-21(15-20)8-12-27-30(25,3)13-6-14-31(27,4)29(33)35-18-22-16-28(32)36-26-17-23(34-5)9-10-24(22)26/h9-10,15-17,25,27H,6-8,11-14,18H2,1-5H3/t25-,27+,30+,31+/m0/s1. The fourth-order valence-electron chi connectivity index (χ4n) is 7.57. The quantitative estimate of drug-likeness (QED) is 0.337. The number of hydrogen-bond acceptors (Lipinski definition) is 5. The molecule has 1 aromatic heterocycles. The van der Waals surface area contributed by atoms with Gasteiger partial charge < -0.3 is 13.9 Å². The number of methoxy groups -OCH3 is 1. The van der Waals surface area contributed by atoms with Crippen LogP contribution in [0.15, 0.2) is 56.3 Å². The van der Waals surface area contributed by atoms with Crippen molar-refractivity contribution < 1.29 is 18.7 Å². The summed E-state index contributed by atoms with van der Waals surface area (Å²) < 4.78 is 16.6. The molecule has 0 spiro atoms. The molecule has 0 radical (unpaired) electrons. The number of carbonyl (C=O) groups is 1. The summed E-state index contributed by atoms with van der Waals surface area (Å²) in [7, 11) is 1.57. The summed E-state index contributed by atoms with van der Waals surface area (Å²) in [6, 6.07) is 6.78. The van der Waals surface area contributed by atoms with Gasteiger partial charge in [0.25, 0.3) is 0 Å². The van der Waals surface area contributed by atoms with Gasteiger partial charge in [-0.2, -0.15) is 0 Å². The lowest BCUT2D eigenvalue weighted by Crippen LogP contribution is -2.54. The fraction of sp³-hybridized carbons (Fsp3) is 0.548. The Morgan fingerprint density at radius 3 is 2.67 bits per heavy atom. The van der Waals surface area contributed by atoms with Crippen LogP contribution in [0.1, 0.15) is 78.2 Å². The number of hydrogen-bond donors (Lipinski definition) is 0. The highest BCUT2D eigenvalue weighted by Crippen LogP contribution is 2.63. The van der Waals surface area contributed by atoms with Gasteiger partial charge in [0.2, 0.25) is 0 Å². The molecule has 1 aromatic carbocycles. The van der Waals surface area contributed by atoms with Crippen LogP contribution in [0.3, 0.4) is 0 Å². The second-order valence-electron chi connectivity index (χ2n) is 11.7. The monoisotopic (exact) mass is 490 g/mol. The molecule has 0 N–H and O–H groups in total. The molecule has 3 aliphatic carbocycles. The molecule has 3 aliphatic rings. The second kappa shape index (κ2) is 9.24. The smallest absolute Gasteiger partial charge is 0.336 e. The zero-order valence-corrected chi connectivity index (χ0v) is 22.2. The van der Waals surface area contributed by atoms with E-state index in [0.29, 0.717) is 28.7 Å². The van der Waals surface area contributed by atoms with Crippen LogP contribution in [0.25, 0.3) is 11.0 Å². The molecule has 0 bridgehead atoms. The van der Waals surface area contributed by atoms with Crippen molar-refractivity contribution in [3.8, 4) is 5.75 Å². The molecule has 0 amide bonds. The molecule has 192 valence electrons. The first-order chi connectivity index (χ1) is 17.2. The van der Waals surface area contributed by atoms with Crippen molar-refractivity contribution in [2.45, 2.75) is 79.2 Å². The maximum Gasteiger partial charge on any atom is 0.336 e. The van der Waals surface area contributed by atoms with Gasteiger partial charge in [0.15, 0.2) is 0 Å². The first kappa shape index (κ1) is 24.9. The Morgan fingerprint density at radius 2 is 1.92 bits per heavy atom. The molecule has 2 saturated carbocycles. The number of esters is 1. The van der Waals surface area contributed by atoms with E-state index >= 15 is 0 Å². The van der Waals surface area contributed by atoms with Gasteiger partial charge in [0, 0.05) is 23.1 Å². The van der Waals surface area contributed by atoms with Crippen molar-refractivity contribution in [2.75, 3.05) is 7.11 Å². The number of ether oxygens (including phenoxy) is 2. The summed E-state index contributed by atoms with van der Waals surface area (Å²) >= 11 is 0. The maximum absolute atomic E-state index is 13.7. The Bertz CT molecular complexity index is 1310. The van der Waals surface area contributed by atoms with Crippen LogP contribution >= 0.6 is 0 Å². The predicted octanol–water partition coefficient (Wildman–Crippen LogP) is 7.12. The van der Waals surface area contributed by atoms with Crippen molar-refractivity contribution in [1.82, 2.24) is 0 Å². The van der Waals surface area contributed by atoms with E-state index in [9.17, 15) is 9.59 Å². The van der Waals surface area contributed by atoms with Gasteiger partial charge >= 0.3 is 11.6 Å². The van der Waals surface area contributed by atoms with Gasteiger partial charge in [0.1, 0.15) is 17.9 Å². The molecule has 5 heteroatoms. The highest BCUT2D eigenvalue weighted by Gasteiger charge is 2.58. The van der Waals surface area contributed by atoms with Crippen molar-refractivity contribution in [3.05, 3.63) is 63.0 Å². The lowest BCUT2D eigenvalue weighted by Gasteiger charge is -2.58. The molecule has 5 nitrogen and oxygen atoms in total. The van der Waals surface area contributed by atoms with Crippen molar-refractivity contribution in [3.63, 3.8) is 0 Å². The van der Waals surface area contributed by atoms with Gasteiger partial charge in [-0.05, 0) is 94.3 Å². The summed E-state index contributed by atoms with van der Waals surface area (Å²) in [6.07, 6.45) is 9.93. The minimum atomic E-state index is -0.520. The van der Waals surface area contributed by atoms with E-state index in [-0.39, 0.29) is 18.0 Å². The molecule has 2 aromatic rings. The first-order valence-corrected chi connectivity index (χ1v) is 13.3. The molecule has 0 aliphatic heterocycles. The zero-order chi connectivity index (χ0) is 25.7. The molecule has 36 heavy (non-hydrogen) atoms. The molecule has 0 unspecified atom stereocenters. The molecule has 0 saturated heterocycles. The summed E-state index contributed by atoms with van der Waals surface area (Å²) in [5.74, 6) is 1.31. The van der Waals surface area contributed by atoms with Gasteiger partial charge in [-0.1, -0.05) is 30.6 Å². The Kier molecular flexibility index (Phi) is 6.38. The number of fused-ring (bicyclic) bond motifs is 4. The highest BCUT2D eigenvalue weighted by atomic mass is 16.5. The summed E-state index contributed by atoms with van der Waals surface area (Å²) in [6.45, 7) is 9.04. The molecule has 2 fully saturated rings. The average molecular weight is 491 g/mol. The molecular weight excluding hydrogens is 452 g/mol. The minimum Gasteiger partial charge on any atom is -0.497 e. The molecule has 5 rings (SSSR count). The van der Waals surface area contributed by atoms with Gasteiger partial charge in [0.05, 0.1) is 12.5 Å². The summed E-state index contributed by atoms with van der Waals surface area (Å²) in [5, 5.41) is 0.756. The second-order valence-corrected chi connectivity index (χ2v) is 11.7. The van der Waals surface area contributed by atoms with E-state index in [0.717, 1.165) is 37.5 Å². The Hall–Kier alpha value is -2.82. The van der Waals surface area contributed by atoms with E-state index in [1.807, 2.05) is 12.1 Å². The average Bonchev–Trinajstić information content (AvgIpc) is 2.86. The van der Waals surface area contributed by atoms with Crippen LogP contribution in [-0.2, 0) is 16.1 Å². The number of rotatable bonds is 4. The van der Waals surface area contributed by atoms with Gasteiger partial charge in [-0.15, -0.1) is 0 Å². The number of allylic oxidation sites excluding steroid dienone is 4. The topological polar surface area (TPSA) is 65.7 Å². The van der Waals surface area contributed by atoms with E-state index < -0.39 is 11.0 Å². The van der Waals surface area contributed by atoms with E-state index in [1.165, 1.54) is 30.1 Å². The third-order valence-electron chi connectivity index (χ3n) is 9.51. The maximum atomic E-state index is 13.7. The third-order valence-corrected chi connectivity index (χ3v) is 9.51. The zero-order valence-electron chi connectivity index (χ0n) is 22.2. The van der Waals surface area contributed by atoms with Crippen LogP contribution in [-0.4, -0.2) is 13.1 Å². The molecular formula is C31H38O5. The molecule has 1 heterocycles. The van der Waals surface area contributed by atoms with Crippen molar-refractivity contribution in [1.29, 1.82) is 0 Å².